The van der Waals surface area contributed by atoms with Gasteiger partial charge < -0.3 is 10.2 Å². The number of hydrogen-bond acceptors (Lipinski definition) is 4. The maximum absolute atomic E-state index is 12.2. The highest BCUT2D eigenvalue weighted by molar-refractivity contribution is 7.98. The van der Waals surface area contributed by atoms with Gasteiger partial charge in [0.15, 0.2) is 0 Å². The molecule has 0 aromatic heterocycles. The van der Waals surface area contributed by atoms with E-state index in [4.69, 9.17) is 5.26 Å². The lowest BCUT2D eigenvalue weighted by atomic mass is 10.1. The number of carbonyl (C=O) groups is 2. The lowest BCUT2D eigenvalue weighted by Gasteiger charge is -2.17. The van der Waals surface area contributed by atoms with Crippen LogP contribution in [0.2, 0.25) is 0 Å². The summed E-state index contributed by atoms with van der Waals surface area (Å²) in [7, 11) is 1.63. The first-order valence-corrected chi connectivity index (χ1v) is 9.42. The van der Waals surface area contributed by atoms with Gasteiger partial charge in [0.25, 0.3) is 0 Å². The lowest BCUT2D eigenvalue weighted by Crippen LogP contribution is -2.35. The molecule has 2 aromatic rings. The highest BCUT2D eigenvalue weighted by Gasteiger charge is 2.14. The Hall–Kier alpha value is -2.78. The Balaban J connectivity index is 1.83. The van der Waals surface area contributed by atoms with Crippen LogP contribution in [0.25, 0.3) is 0 Å². The van der Waals surface area contributed by atoms with Crippen LogP contribution in [0.1, 0.15) is 17.5 Å². The van der Waals surface area contributed by atoms with Crippen LogP contribution >= 0.6 is 11.8 Å². The van der Waals surface area contributed by atoms with Crippen molar-refractivity contribution in [1.29, 1.82) is 5.26 Å². The van der Waals surface area contributed by atoms with Gasteiger partial charge in [0, 0.05) is 18.4 Å². The van der Waals surface area contributed by atoms with Crippen molar-refractivity contribution in [1.82, 2.24) is 4.90 Å². The molecule has 0 heterocycles. The van der Waals surface area contributed by atoms with E-state index in [0.717, 1.165) is 16.1 Å². The van der Waals surface area contributed by atoms with Crippen molar-refractivity contribution in [2.75, 3.05) is 25.2 Å². The second kappa shape index (κ2) is 9.64. The third-order valence-electron chi connectivity index (χ3n) is 3.90. The number of likely N-dealkylation sites (N-methyl/N-ethyl adjacent to an activating group) is 1. The second-order valence-corrected chi connectivity index (χ2v) is 6.66. The molecule has 6 heteroatoms. The van der Waals surface area contributed by atoms with Gasteiger partial charge in [-0.1, -0.05) is 24.3 Å². The molecule has 0 aliphatic rings. The van der Waals surface area contributed by atoms with Gasteiger partial charge in [-0.15, -0.1) is 11.8 Å². The maximum atomic E-state index is 12.2. The smallest absolute Gasteiger partial charge is 0.244 e. The van der Waals surface area contributed by atoms with Gasteiger partial charge in [0.05, 0.1) is 23.9 Å². The lowest BCUT2D eigenvalue weighted by molar-refractivity contribution is -0.133. The number of aryl methyl sites for hydroxylation is 1. The first-order valence-electron chi connectivity index (χ1n) is 8.19. The van der Waals surface area contributed by atoms with Crippen LogP contribution in [0.5, 0.6) is 0 Å². The maximum Gasteiger partial charge on any atom is 0.244 e. The molecule has 0 bridgehead atoms. The fourth-order valence-electron chi connectivity index (χ4n) is 2.43. The summed E-state index contributed by atoms with van der Waals surface area (Å²) in [6.07, 6.45) is 2.84. The first-order chi connectivity index (χ1) is 12.5. The Kier molecular flexibility index (Phi) is 7.24. The number of carbonyl (C=O) groups excluding carboxylic acids is 2. The highest BCUT2D eigenvalue weighted by atomic mass is 32.2. The van der Waals surface area contributed by atoms with Crippen LogP contribution in [-0.2, 0) is 16.0 Å². The molecule has 0 fully saturated rings. The van der Waals surface area contributed by atoms with Crippen molar-refractivity contribution >= 4 is 29.3 Å². The molecule has 0 saturated carbocycles. The monoisotopic (exact) mass is 367 g/mol. The van der Waals surface area contributed by atoms with E-state index in [0.29, 0.717) is 18.4 Å². The summed E-state index contributed by atoms with van der Waals surface area (Å²) in [5.41, 5.74) is 2.34. The number of thioether (sulfide) groups is 1. The molecule has 26 heavy (non-hydrogen) atoms. The Morgan fingerprint density at radius 2 is 1.85 bits per heavy atom. The molecule has 0 saturated heterocycles. The summed E-state index contributed by atoms with van der Waals surface area (Å²) < 4.78 is 0. The fraction of sp³-hybridized carbons (Fsp3) is 0.250. The van der Waals surface area contributed by atoms with Gasteiger partial charge in [-0.05, 0) is 42.5 Å². The van der Waals surface area contributed by atoms with Gasteiger partial charge >= 0.3 is 0 Å². The van der Waals surface area contributed by atoms with E-state index in [9.17, 15) is 9.59 Å². The molecule has 5 nitrogen and oxygen atoms in total. The van der Waals surface area contributed by atoms with Gasteiger partial charge in [0.1, 0.15) is 0 Å². The molecule has 0 atom stereocenters. The first kappa shape index (κ1) is 19.5. The van der Waals surface area contributed by atoms with Gasteiger partial charge in [-0.2, -0.15) is 5.26 Å². The normalized spacial score (nSPS) is 10.0. The molecular weight excluding hydrogens is 346 g/mol. The summed E-state index contributed by atoms with van der Waals surface area (Å²) in [5, 5.41) is 11.6. The summed E-state index contributed by atoms with van der Waals surface area (Å²) in [6, 6.07) is 16.8. The fourth-order valence-corrected chi connectivity index (χ4v) is 2.98. The van der Waals surface area contributed by atoms with Crippen LogP contribution in [0.4, 0.5) is 5.69 Å². The predicted molar refractivity (Wildman–Crippen MR) is 104 cm³/mol. The number of nitrogens with one attached hydrogen (secondary N) is 1. The average molecular weight is 367 g/mol. The minimum atomic E-state index is -0.222. The molecule has 2 amide bonds. The number of para-hydroxylation sites is 1. The number of rotatable bonds is 7. The van der Waals surface area contributed by atoms with Crippen molar-refractivity contribution < 1.29 is 9.59 Å². The van der Waals surface area contributed by atoms with E-state index >= 15 is 0 Å². The van der Waals surface area contributed by atoms with Crippen LogP contribution in [0, 0.1) is 11.3 Å². The zero-order valence-electron chi connectivity index (χ0n) is 14.9. The van der Waals surface area contributed by atoms with E-state index in [2.05, 4.69) is 11.4 Å². The quantitative estimate of drug-likeness (QED) is 0.762. The van der Waals surface area contributed by atoms with Crippen molar-refractivity contribution in [3.63, 3.8) is 0 Å². The standard InChI is InChI=1S/C20H21N3O2S/c1-23(14-19(24)22-17-5-3-4-6-18(17)26-2)20(25)12-11-15-7-9-16(13-21)10-8-15/h3-10H,11-12,14H2,1-2H3,(H,22,24). The highest BCUT2D eigenvalue weighted by Crippen LogP contribution is 2.24. The number of nitrogens with zero attached hydrogens (tertiary/aromatic N) is 2. The molecule has 0 aliphatic heterocycles. The summed E-state index contributed by atoms with van der Waals surface area (Å²) in [6.45, 7) is 0.00885. The number of benzene rings is 2. The number of nitriles is 1. The SMILES string of the molecule is CSc1ccccc1NC(=O)CN(C)C(=O)CCc1ccc(C#N)cc1. The summed E-state index contributed by atoms with van der Waals surface area (Å²) >= 11 is 1.56. The molecule has 0 radical (unpaired) electrons. The molecule has 0 spiro atoms. The second-order valence-electron chi connectivity index (χ2n) is 5.81. The molecule has 0 aliphatic carbocycles. The van der Waals surface area contributed by atoms with Crippen LogP contribution in [-0.4, -0.2) is 36.6 Å². The average Bonchev–Trinajstić information content (AvgIpc) is 2.66. The molecule has 2 aromatic carbocycles. The van der Waals surface area contributed by atoms with Crippen molar-refractivity contribution in [2.45, 2.75) is 17.7 Å². The number of hydrogen-bond donors (Lipinski definition) is 1. The van der Waals surface area contributed by atoms with Crippen LogP contribution < -0.4 is 5.32 Å². The third kappa shape index (κ3) is 5.64. The van der Waals surface area contributed by atoms with E-state index in [1.54, 1.807) is 30.9 Å². The molecule has 134 valence electrons. The van der Waals surface area contributed by atoms with Gasteiger partial charge in [-0.25, -0.2) is 0 Å². The van der Waals surface area contributed by atoms with E-state index in [1.807, 2.05) is 42.7 Å². The zero-order chi connectivity index (χ0) is 18.9. The topological polar surface area (TPSA) is 73.2 Å². The largest absolute Gasteiger partial charge is 0.336 e. The third-order valence-corrected chi connectivity index (χ3v) is 4.69. The van der Waals surface area contributed by atoms with E-state index in [-0.39, 0.29) is 18.4 Å². The molecule has 2 rings (SSSR count). The Labute approximate surface area is 158 Å². The van der Waals surface area contributed by atoms with Crippen molar-refractivity contribution in [3.8, 4) is 6.07 Å². The van der Waals surface area contributed by atoms with Crippen molar-refractivity contribution in [2.24, 2.45) is 0 Å². The predicted octanol–water partition coefficient (Wildman–Crippen LogP) is 3.31. The summed E-state index contributed by atoms with van der Waals surface area (Å²) in [5.74, 6) is -0.316. The molecule has 0 unspecified atom stereocenters. The van der Waals surface area contributed by atoms with Gasteiger partial charge in [0.2, 0.25) is 11.8 Å². The molecular formula is C20H21N3O2S. The van der Waals surface area contributed by atoms with Crippen LogP contribution in [0.15, 0.2) is 53.4 Å². The van der Waals surface area contributed by atoms with E-state index < -0.39 is 0 Å². The van der Waals surface area contributed by atoms with Gasteiger partial charge in [-0.3, -0.25) is 9.59 Å². The minimum Gasteiger partial charge on any atom is -0.336 e. The van der Waals surface area contributed by atoms with Crippen molar-refractivity contribution in [3.05, 3.63) is 59.7 Å². The number of amides is 2. The Bertz CT molecular complexity index is 813. The zero-order valence-corrected chi connectivity index (χ0v) is 15.7. The van der Waals surface area contributed by atoms with Crippen LogP contribution in [0.3, 0.4) is 0 Å². The minimum absolute atomic E-state index is 0.00885. The Morgan fingerprint density at radius 3 is 2.50 bits per heavy atom. The van der Waals surface area contributed by atoms with E-state index in [1.165, 1.54) is 4.90 Å². The molecule has 1 N–H and O–H groups in total. The summed E-state index contributed by atoms with van der Waals surface area (Å²) in [4.78, 5) is 26.8. The Morgan fingerprint density at radius 1 is 1.15 bits per heavy atom. The number of anilines is 1.